The third-order valence-corrected chi connectivity index (χ3v) is 3.68. The predicted octanol–water partition coefficient (Wildman–Crippen LogP) is 1.73. The fraction of sp³-hybridized carbons (Fsp3) is 0.500. The molecule has 0 radical (unpaired) electrons. The highest BCUT2D eigenvalue weighted by Crippen LogP contribution is 2.36. The highest BCUT2D eigenvalue weighted by Gasteiger charge is 2.33. The van der Waals surface area contributed by atoms with E-state index in [9.17, 15) is 0 Å². The average Bonchev–Trinajstić information content (AvgIpc) is 2.54. The van der Waals surface area contributed by atoms with Crippen molar-refractivity contribution in [2.24, 2.45) is 0 Å². The fourth-order valence-corrected chi connectivity index (χ4v) is 2.72. The standard InChI is InChI=1S/C12H15N3/c1-15-11-2-3-12(15)5-9(4-11)10-6-13-8-14-7-10/h4,6-8,11-12H,2-3,5H2,1H3/t11-,12+/m1/s1. The van der Waals surface area contributed by atoms with Gasteiger partial charge in [0.2, 0.25) is 0 Å². The Bertz CT molecular complexity index is 385. The second-order valence-electron chi connectivity index (χ2n) is 4.49. The number of nitrogens with zero attached hydrogens (tertiary/aromatic N) is 3. The molecule has 1 fully saturated rings. The maximum absolute atomic E-state index is 4.08. The number of rotatable bonds is 1. The molecule has 2 aliphatic rings. The van der Waals surface area contributed by atoms with Crippen molar-refractivity contribution in [1.82, 2.24) is 14.9 Å². The van der Waals surface area contributed by atoms with Crippen molar-refractivity contribution in [2.45, 2.75) is 31.3 Å². The molecule has 3 heteroatoms. The monoisotopic (exact) mass is 201 g/mol. The van der Waals surface area contributed by atoms with Crippen molar-refractivity contribution in [1.29, 1.82) is 0 Å². The first-order valence-corrected chi connectivity index (χ1v) is 5.52. The van der Waals surface area contributed by atoms with Gasteiger partial charge < -0.3 is 0 Å². The smallest absolute Gasteiger partial charge is 0.115 e. The molecule has 78 valence electrons. The van der Waals surface area contributed by atoms with Crippen LogP contribution in [-0.4, -0.2) is 34.0 Å². The van der Waals surface area contributed by atoms with Gasteiger partial charge in [0, 0.05) is 30.0 Å². The van der Waals surface area contributed by atoms with E-state index in [-0.39, 0.29) is 0 Å². The summed E-state index contributed by atoms with van der Waals surface area (Å²) in [6, 6.07) is 1.37. The average molecular weight is 201 g/mol. The topological polar surface area (TPSA) is 29.0 Å². The van der Waals surface area contributed by atoms with Crippen LogP contribution < -0.4 is 0 Å². The van der Waals surface area contributed by atoms with Crippen LogP contribution in [0.1, 0.15) is 24.8 Å². The molecule has 3 rings (SSSR count). The van der Waals surface area contributed by atoms with Crippen LogP contribution in [-0.2, 0) is 0 Å². The van der Waals surface area contributed by atoms with Crippen LogP contribution in [0, 0.1) is 0 Å². The van der Waals surface area contributed by atoms with E-state index in [0.29, 0.717) is 6.04 Å². The maximum atomic E-state index is 4.08. The number of hydrogen-bond donors (Lipinski definition) is 0. The Morgan fingerprint density at radius 3 is 2.80 bits per heavy atom. The first kappa shape index (κ1) is 9.04. The molecule has 2 aliphatic heterocycles. The van der Waals surface area contributed by atoms with Crippen LogP contribution in [0.15, 0.2) is 24.8 Å². The zero-order valence-electron chi connectivity index (χ0n) is 8.93. The van der Waals surface area contributed by atoms with Gasteiger partial charge in [-0.05, 0) is 31.9 Å². The Labute approximate surface area is 89.8 Å². The third-order valence-electron chi connectivity index (χ3n) is 3.68. The summed E-state index contributed by atoms with van der Waals surface area (Å²) in [5, 5.41) is 0. The summed E-state index contributed by atoms with van der Waals surface area (Å²) in [4.78, 5) is 10.7. The van der Waals surface area contributed by atoms with Crippen LogP contribution in [0.3, 0.4) is 0 Å². The van der Waals surface area contributed by atoms with E-state index in [1.165, 1.54) is 24.0 Å². The van der Waals surface area contributed by atoms with Gasteiger partial charge in [0.25, 0.3) is 0 Å². The van der Waals surface area contributed by atoms with Crippen molar-refractivity contribution < 1.29 is 0 Å². The lowest BCUT2D eigenvalue weighted by molar-refractivity contribution is 0.264. The molecule has 0 amide bonds. The van der Waals surface area contributed by atoms with E-state index >= 15 is 0 Å². The quantitative estimate of drug-likeness (QED) is 0.693. The van der Waals surface area contributed by atoms with Crippen molar-refractivity contribution >= 4 is 5.57 Å². The lowest BCUT2D eigenvalue weighted by Gasteiger charge is -2.30. The van der Waals surface area contributed by atoms with Gasteiger partial charge in [-0.15, -0.1) is 0 Å². The lowest BCUT2D eigenvalue weighted by Crippen LogP contribution is -2.34. The van der Waals surface area contributed by atoms with Gasteiger partial charge in [-0.2, -0.15) is 0 Å². The van der Waals surface area contributed by atoms with Crippen molar-refractivity contribution in [2.75, 3.05) is 7.05 Å². The van der Waals surface area contributed by atoms with Crippen molar-refractivity contribution in [3.8, 4) is 0 Å². The summed E-state index contributed by atoms with van der Waals surface area (Å²) >= 11 is 0. The van der Waals surface area contributed by atoms with Crippen LogP contribution in [0.4, 0.5) is 0 Å². The molecule has 3 nitrogen and oxygen atoms in total. The summed E-state index contributed by atoms with van der Waals surface area (Å²) in [6.07, 6.45) is 11.6. The maximum Gasteiger partial charge on any atom is 0.115 e. The van der Waals surface area contributed by atoms with Gasteiger partial charge in [-0.1, -0.05) is 6.08 Å². The number of hydrogen-bond acceptors (Lipinski definition) is 3. The molecule has 15 heavy (non-hydrogen) atoms. The minimum atomic E-state index is 0.638. The van der Waals surface area contributed by atoms with Gasteiger partial charge in [0.05, 0.1) is 0 Å². The molecule has 2 atom stereocenters. The van der Waals surface area contributed by atoms with E-state index in [0.717, 1.165) is 12.5 Å². The Morgan fingerprint density at radius 2 is 2.07 bits per heavy atom. The molecule has 0 aromatic carbocycles. The highest BCUT2D eigenvalue weighted by molar-refractivity contribution is 5.66. The number of likely N-dealkylation sites (N-methyl/N-ethyl adjacent to an activating group) is 1. The SMILES string of the molecule is CN1[C@H]2CC[C@@H]1C=C(c1cncnc1)C2. The molecule has 0 unspecified atom stereocenters. The van der Waals surface area contributed by atoms with Crippen LogP contribution in [0.2, 0.25) is 0 Å². The van der Waals surface area contributed by atoms with Gasteiger partial charge >= 0.3 is 0 Å². The zero-order valence-corrected chi connectivity index (χ0v) is 8.93. The summed E-state index contributed by atoms with van der Waals surface area (Å²) in [6.45, 7) is 0. The van der Waals surface area contributed by atoms with Gasteiger partial charge in [0.15, 0.2) is 0 Å². The molecule has 1 aromatic heterocycles. The lowest BCUT2D eigenvalue weighted by atomic mass is 9.97. The molecule has 2 bridgehead atoms. The first-order valence-electron chi connectivity index (χ1n) is 5.52. The highest BCUT2D eigenvalue weighted by atomic mass is 15.2. The summed E-state index contributed by atoms with van der Waals surface area (Å²) < 4.78 is 0. The molecule has 3 heterocycles. The molecular weight excluding hydrogens is 186 g/mol. The normalized spacial score (nSPS) is 30.3. The predicted molar refractivity (Wildman–Crippen MR) is 59.2 cm³/mol. The minimum absolute atomic E-state index is 0.638. The van der Waals surface area contributed by atoms with Gasteiger partial charge in [-0.25, -0.2) is 9.97 Å². The Kier molecular flexibility index (Phi) is 2.06. The molecule has 1 saturated heterocycles. The van der Waals surface area contributed by atoms with E-state index < -0.39 is 0 Å². The largest absolute Gasteiger partial charge is 0.297 e. The Hall–Kier alpha value is -1.22. The molecule has 0 spiro atoms. The van der Waals surface area contributed by atoms with Crippen molar-refractivity contribution in [3.05, 3.63) is 30.4 Å². The molecule has 0 saturated carbocycles. The van der Waals surface area contributed by atoms with Crippen LogP contribution >= 0.6 is 0 Å². The van der Waals surface area contributed by atoms with E-state index in [1.807, 2.05) is 12.4 Å². The summed E-state index contributed by atoms with van der Waals surface area (Å²) in [5.41, 5.74) is 2.63. The number of aromatic nitrogens is 2. The fourth-order valence-electron chi connectivity index (χ4n) is 2.72. The first-order chi connectivity index (χ1) is 7.34. The van der Waals surface area contributed by atoms with Crippen molar-refractivity contribution in [3.63, 3.8) is 0 Å². The molecule has 0 aliphatic carbocycles. The second kappa shape index (κ2) is 3.42. The van der Waals surface area contributed by atoms with Gasteiger partial charge in [-0.3, -0.25) is 4.90 Å². The molecule has 1 aromatic rings. The third kappa shape index (κ3) is 1.47. The summed E-state index contributed by atoms with van der Waals surface area (Å²) in [5.74, 6) is 0. The minimum Gasteiger partial charge on any atom is -0.297 e. The Morgan fingerprint density at radius 1 is 1.27 bits per heavy atom. The number of fused-ring (bicyclic) bond motifs is 2. The van der Waals surface area contributed by atoms with Gasteiger partial charge in [0.1, 0.15) is 6.33 Å². The molecule has 0 N–H and O–H groups in total. The summed E-state index contributed by atoms with van der Waals surface area (Å²) in [7, 11) is 2.23. The second-order valence-corrected chi connectivity index (χ2v) is 4.49. The van der Waals surface area contributed by atoms with E-state index in [1.54, 1.807) is 6.33 Å². The Balaban J connectivity index is 1.94. The zero-order chi connectivity index (χ0) is 10.3. The molecular formula is C12H15N3. The van der Waals surface area contributed by atoms with E-state index in [2.05, 4.69) is 28.0 Å². The van der Waals surface area contributed by atoms with E-state index in [4.69, 9.17) is 0 Å². The van der Waals surface area contributed by atoms with Crippen LogP contribution in [0.5, 0.6) is 0 Å². The van der Waals surface area contributed by atoms with Crippen LogP contribution in [0.25, 0.3) is 5.57 Å².